The van der Waals surface area contributed by atoms with Crippen LogP contribution in [0.4, 0.5) is 0 Å². The standard InChI is InChI=1S/C7H11N2/c1-6(2)7-4-5-9(3)8-7/h4-5H,1-3H3. The summed E-state index contributed by atoms with van der Waals surface area (Å²) in [7, 11) is 1.92. The lowest BCUT2D eigenvalue weighted by Gasteiger charge is -1.94. The van der Waals surface area contributed by atoms with Gasteiger partial charge in [0, 0.05) is 19.2 Å². The Kier molecular flexibility index (Phi) is 1.56. The van der Waals surface area contributed by atoms with E-state index in [4.69, 9.17) is 0 Å². The van der Waals surface area contributed by atoms with E-state index in [1.807, 2.05) is 24.0 Å². The first-order valence-electron chi connectivity index (χ1n) is 3.00. The van der Waals surface area contributed by atoms with Gasteiger partial charge in [-0.3, -0.25) is 4.68 Å². The van der Waals surface area contributed by atoms with Gasteiger partial charge in [-0.25, -0.2) is 0 Å². The van der Waals surface area contributed by atoms with Crippen molar-refractivity contribution in [3.05, 3.63) is 23.9 Å². The second kappa shape index (κ2) is 2.21. The Morgan fingerprint density at radius 3 is 2.44 bits per heavy atom. The van der Waals surface area contributed by atoms with Crippen molar-refractivity contribution >= 4 is 0 Å². The van der Waals surface area contributed by atoms with Crippen LogP contribution in [0.25, 0.3) is 0 Å². The number of aromatic nitrogens is 2. The summed E-state index contributed by atoms with van der Waals surface area (Å²) in [4.78, 5) is 0. The largest absolute Gasteiger partial charge is 0.276 e. The summed E-state index contributed by atoms with van der Waals surface area (Å²) in [6.07, 6.45) is 1.95. The third-order valence-corrected chi connectivity index (χ3v) is 1.23. The highest BCUT2D eigenvalue weighted by Gasteiger charge is 2.00. The Labute approximate surface area is 55.5 Å². The van der Waals surface area contributed by atoms with E-state index in [0.29, 0.717) is 0 Å². The molecule has 0 unspecified atom stereocenters. The molecule has 2 nitrogen and oxygen atoms in total. The van der Waals surface area contributed by atoms with Crippen LogP contribution in [-0.2, 0) is 7.05 Å². The monoisotopic (exact) mass is 123 g/mol. The quantitative estimate of drug-likeness (QED) is 0.551. The van der Waals surface area contributed by atoms with Crippen LogP contribution in [0.2, 0.25) is 0 Å². The maximum absolute atomic E-state index is 4.19. The predicted octanol–water partition coefficient (Wildman–Crippen LogP) is 1.38. The van der Waals surface area contributed by atoms with E-state index >= 15 is 0 Å². The maximum atomic E-state index is 4.19. The van der Waals surface area contributed by atoms with Crippen LogP contribution in [0.3, 0.4) is 0 Å². The van der Waals surface area contributed by atoms with Crippen molar-refractivity contribution in [1.82, 2.24) is 9.78 Å². The molecule has 0 spiro atoms. The molecule has 2 heteroatoms. The predicted molar refractivity (Wildman–Crippen MR) is 36.9 cm³/mol. The van der Waals surface area contributed by atoms with Crippen molar-refractivity contribution < 1.29 is 0 Å². The molecular formula is C7H11N2. The molecule has 0 fully saturated rings. The summed E-state index contributed by atoms with van der Waals surface area (Å²) >= 11 is 0. The van der Waals surface area contributed by atoms with E-state index in [1.165, 1.54) is 5.92 Å². The smallest absolute Gasteiger partial charge is 0.0689 e. The Morgan fingerprint density at radius 2 is 2.22 bits per heavy atom. The zero-order valence-electron chi connectivity index (χ0n) is 6.05. The van der Waals surface area contributed by atoms with Crippen LogP contribution in [0.15, 0.2) is 12.3 Å². The Balaban J connectivity index is 2.85. The molecule has 0 aromatic carbocycles. The number of hydrogen-bond acceptors (Lipinski definition) is 1. The summed E-state index contributed by atoms with van der Waals surface area (Å²) in [6, 6.07) is 2.01. The summed E-state index contributed by atoms with van der Waals surface area (Å²) in [5.41, 5.74) is 1.08. The molecule has 9 heavy (non-hydrogen) atoms. The van der Waals surface area contributed by atoms with E-state index in [1.54, 1.807) is 0 Å². The molecule has 1 radical (unpaired) electrons. The van der Waals surface area contributed by atoms with Gasteiger partial charge in [0.05, 0.1) is 5.69 Å². The van der Waals surface area contributed by atoms with Crippen LogP contribution in [0.1, 0.15) is 19.5 Å². The van der Waals surface area contributed by atoms with E-state index in [9.17, 15) is 0 Å². The first kappa shape index (κ1) is 6.33. The first-order chi connectivity index (χ1) is 4.20. The van der Waals surface area contributed by atoms with Crippen LogP contribution in [0, 0.1) is 5.92 Å². The first-order valence-corrected chi connectivity index (χ1v) is 3.00. The second-order valence-corrected chi connectivity index (χ2v) is 2.37. The van der Waals surface area contributed by atoms with E-state index in [2.05, 4.69) is 18.9 Å². The number of hydrogen-bond donors (Lipinski definition) is 0. The van der Waals surface area contributed by atoms with Gasteiger partial charge >= 0.3 is 0 Å². The fourth-order valence-electron chi connectivity index (χ4n) is 0.682. The average Bonchev–Trinajstić information content (AvgIpc) is 2.14. The molecule has 1 aromatic heterocycles. The van der Waals surface area contributed by atoms with Gasteiger partial charge in [-0.2, -0.15) is 5.10 Å². The molecule has 0 bridgehead atoms. The lowest BCUT2D eigenvalue weighted by atomic mass is 10.1. The van der Waals surface area contributed by atoms with E-state index in [0.717, 1.165) is 5.69 Å². The maximum Gasteiger partial charge on any atom is 0.0689 e. The molecule has 0 atom stereocenters. The Bertz CT molecular complexity index is 189. The van der Waals surface area contributed by atoms with E-state index < -0.39 is 0 Å². The summed E-state index contributed by atoms with van der Waals surface area (Å²) in [5.74, 6) is 1.26. The van der Waals surface area contributed by atoms with Crippen molar-refractivity contribution in [2.75, 3.05) is 0 Å². The van der Waals surface area contributed by atoms with Gasteiger partial charge in [-0.05, 0) is 6.07 Å². The average molecular weight is 123 g/mol. The van der Waals surface area contributed by atoms with Crippen molar-refractivity contribution in [2.24, 2.45) is 7.05 Å². The van der Waals surface area contributed by atoms with Gasteiger partial charge in [-0.1, -0.05) is 13.8 Å². The minimum absolute atomic E-state index is 1.08. The fourth-order valence-corrected chi connectivity index (χ4v) is 0.682. The van der Waals surface area contributed by atoms with Crippen LogP contribution < -0.4 is 0 Å². The molecule has 49 valence electrons. The van der Waals surface area contributed by atoms with Crippen molar-refractivity contribution in [3.8, 4) is 0 Å². The second-order valence-electron chi connectivity index (χ2n) is 2.37. The lowest BCUT2D eigenvalue weighted by Crippen LogP contribution is -1.92. The molecule has 0 amide bonds. The molecule has 0 N–H and O–H groups in total. The van der Waals surface area contributed by atoms with Crippen LogP contribution >= 0.6 is 0 Å². The highest BCUT2D eigenvalue weighted by Crippen LogP contribution is 2.07. The fraction of sp³-hybridized carbons (Fsp3) is 0.429. The van der Waals surface area contributed by atoms with Gasteiger partial charge in [0.15, 0.2) is 0 Å². The summed E-state index contributed by atoms with van der Waals surface area (Å²) in [5, 5.41) is 4.19. The van der Waals surface area contributed by atoms with Gasteiger partial charge in [-0.15, -0.1) is 0 Å². The molecule has 0 aliphatic heterocycles. The molecular weight excluding hydrogens is 112 g/mol. The summed E-state index contributed by atoms with van der Waals surface area (Å²) in [6.45, 7) is 4.12. The van der Waals surface area contributed by atoms with Crippen molar-refractivity contribution in [1.29, 1.82) is 0 Å². The highest BCUT2D eigenvalue weighted by molar-refractivity contribution is 5.16. The van der Waals surface area contributed by atoms with Crippen molar-refractivity contribution in [3.63, 3.8) is 0 Å². The molecule has 1 heterocycles. The minimum atomic E-state index is 1.08. The SMILES string of the molecule is C[C](C)c1ccn(C)n1. The highest BCUT2D eigenvalue weighted by atomic mass is 15.2. The molecule has 0 saturated heterocycles. The van der Waals surface area contributed by atoms with Crippen LogP contribution in [0.5, 0.6) is 0 Å². The number of aryl methyl sites for hydroxylation is 1. The van der Waals surface area contributed by atoms with Gasteiger partial charge in [0.25, 0.3) is 0 Å². The molecule has 1 aromatic rings. The van der Waals surface area contributed by atoms with Gasteiger partial charge < -0.3 is 0 Å². The number of nitrogens with zero attached hydrogens (tertiary/aromatic N) is 2. The van der Waals surface area contributed by atoms with Gasteiger partial charge in [0.1, 0.15) is 0 Å². The van der Waals surface area contributed by atoms with Crippen LogP contribution in [-0.4, -0.2) is 9.78 Å². The zero-order valence-corrected chi connectivity index (χ0v) is 6.05. The minimum Gasteiger partial charge on any atom is -0.276 e. The molecule has 0 aliphatic rings. The lowest BCUT2D eigenvalue weighted by molar-refractivity contribution is 0.751. The molecule has 1 rings (SSSR count). The third kappa shape index (κ3) is 1.31. The molecule has 0 saturated carbocycles. The summed E-state index contributed by atoms with van der Waals surface area (Å²) < 4.78 is 1.81. The number of rotatable bonds is 1. The topological polar surface area (TPSA) is 17.8 Å². The normalized spacial score (nSPS) is 10.7. The Hall–Kier alpha value is -0.790. The molecule has 0 aliphatic carbocycles. The third-order valence-electron chi connectivity index (χ3n) is 1.23. The van der Waals surface area contributed by atoms with Gasteiger partial charge in [0.2, 0.25) is 0 Å². The van der Waals surface area contributed by atoms with Crippen molar-refractivity contribution in [2.45, 2.75) is 13.8 Å². The zero-order chi connectivity index (χ0) is 6.85. The van der Waals surface area contributed by atoms with E-state index in [-0.39, 0.29) is 0 Å². The Morgan fingerprint density at radius 1 is 1.56 bits per heavy atom.